The molecule has 0 aliphatic rings. The summed E-state index contributed by atoms with van der Waals surface area (Å²) in [5, 5.41) is 13.7. The van der Waals surface area contributed by atoms with Crippen LogP contribution in [-0.4, -0.2) is 43.3 Å². The molecule has 7 heteroatoms. The first-order chi connectivity index (χ1) is 8.47. The van der Waals surface area contributed by atoms with Crippen molar-refractivity contribution in [2.75, 3.05) is 20.2 Å². The topological polar surface area (TPSA) is 105 Å². The molecule has 1 atom stereocenters. The minimum absolute atomic E-state index is 0.125. The Morgan fingerprint density at radius 3 is 2.39 bits per heavy atom. The Kier molecular flexibility index (Phi) is 8.34. The average Bonchev–Trinajstić information content (AvgIpc) is 2.33. The molecule has 0 aliphatic carbocycles. The zero-order valence-electron chi connectivity index (χ0n) is 10.7. The highest BCUT2D eigenvalue weighted by molar-refractivity contribution is 5.75. The van der Waals surface area contributed by atoms with Gasteiger partial charge in [0.15, 0.2) is 0 Å². The van der Waals surface area contributed by atoms with E-state index >= 15 is 0 Å². The fourth-order valence-electron chi connectivity index (χ4n) is 1.18. The molecule has 0 spiro atoms. The number of hydrogen-bond acceptors (Lipinski definition) is 4. The number of carboxylic acid groups (broad SMARTS) is 1. The summed E-state index contributed by atoms with van der Waals surface area (Å²) in [6, 6.07) is -0.373. The van der Waals surface area contributed by atoms with Crippen molar-refractivity contribution in [1.82, 2.24) is 10.6 Å². The van der Waals surface area contributed by atoms with Crippen LogP contribution >= 0.6 is 0 Å². The van der Waals surface area contributed by atoms with Crippen molar-refractivity contribution in [3.8, 4) is 0 Å². The maximum atomic E-state index is 11.2. The predicted molar refractivity (Wildman–Crippen MR) is 64.1 cm³/mol. The number of amides is 2. The van der Waals surface area contributed by atoms with Crippen LogP contribution in [0.2, 0.25) is 0 Å². The van der Waals surface area contributed by atoms with E-state index in [-0.39, 0.29) is 25.0 Å². The molecule has 0 fully saturated rings. The summed E-state index contributed by atoms with van der Waals surface area (Å²) in [7, 11) is 1.28. The molecule has 0 aliphatic heterocycles. The molecule has 2 amide bonds. The van der Waals surface area contributed by atoms with Crippen molar-refractivity contribution in [2.24, 2.45) is 5.92 Å². The summed E-state index contributed by atoms with van der Waals surface area (Å²) in [5.41, 5.74) is 0. The van der Waals surface area contributed by atoms with Gasteiger partial charge in [-0.15, -0.1) is 0 Å². The summed E-state index contributed by atoms with van der Waals surface area (Å²) in [6.07, 6.45) is 1.23. The van der Waals surface area contributed by atoms with E-state index in [0.717, 1.165) is 0 Å². The Hall–Kier alpha value is -1.79. The number of carbonyl (C=O) groups is 3. The van der Waals surface area contributed by atoms with Gasteiger partial charge in [0.1, 0.15) is 0 Å². The Balaban J connectivity index is 3.48. The lowest BCUT2D eigenvalue weighted by atomic mass is 10.1. The van der Waals surface area contributed by atoms with E-state index in [2.05, 4.69) is 15.4 Å². The number of esters is 1. The second-order valence-electron chi connectivity index (χ2n) is 3.89. The number of hydrogen-bond donors (Lipinski definition) is 3. The van der Waals surface area contributed by atoms with Gasteiger partial charge in [-0.25, -0.2) is 4.79 Å². The highest BCUT2D eigenvalue weighted by atomic mass is 16.5. The largest absolute Gasteiger partial charge is 0.481 e. The number of rotatable bonds is 8. The lowest BCUT2D eigenvalue weighted by molar-refractivity contribution is -0.141. The quantitative estimate of drug-likeness (QED) is 0.431. The van der Waals surface area contributed by atoms with Crippen LogP contribution < -0.4 is 10.6 Å². The van der Waals surface area contributed by atoms with Gasteiger partial charge >= 0.3 is 18.0 Å². The van der Waals surface area contributed by atoms with E-state index < -0.39 is 11.9 Å². The van der Waals surface area contributed by atoms with Crippen LogP contribution in [0.1, 0.15) is 26.2 Å². The molecule has 0 aromatic rings. The molecule has 3 N–H and O–H groups in total. The summed E-state index contributed by atoms with van der Waals surface area (Å²) in [5.74, 6) is -1.63. The highest BCUT2D eigenvalue weighted by Crippen LogP contribution is 2.03. The standard InChI is InChI=1S/C11H20N2O5/c1-8(10(15)16)4-3-6-12-11(17)13-7-5-9(14)18-2/h8H,3-7H2,1-2H3,(H,15,16)(H2,12,13,17). The SMILES string of the molecule is COC(=O)CCNC(=O)NCCCC(C)C(=O)O. The van der Waals surface area contributed by atoms with Crippen molar-refractivity contribution in [3.63, 3.8) is 0 Å². The highest BCUT2D eigenvalue weighted by Gasteiger charge is 2.10. The molecule has 18 heavy (non-hydrogen) atoms. The van der Waals surface area contributed by atoms with Crippen molar-refractivity contribution < 1.29 is 24.2 Å². The van der Waals surface area contributed by atoms with Gasteiger partial charge in [0.2, 0.25) is 0 Å². The van der Waals surface area contributed by atoms with Crippen molar-refractivity contribution in [2.45, 2.75) is 26.2 Å². The molecule has 7 nitrogen and oxygen atoms in total. The lowest BCUT2D eigenvalue weighted by Gasteiger charge is -2.08. The molecule has 0 heterocycles. The molecule has 0 bridgehead atoms. The number of ether oxygens (including phenoxy) is 1. The average molecular weight is 260 g/mol. The zero-order chi connectivity index (χ0) is 14.0. The van der Waals surface area contributed by atoms with Gasteiger partial charge in [-0.1, -0.05) is 6.92 Å². The third kappa shape index (κ3) is 8.37. The maximum Gasteiger partial charge on any atom is 0.314 e. The van der Waals surface area contributed by atoms with E-state index in [0.29, 0.717) is 19.4 Å². The number of urea groups is 1. The molecule has 1 unspecified atom stereocenters. The predicted octanol–water partition coefficient (Wildman–Crippen LogP) is 0.350. The van der Waals surface area contributed by atoms with E-state index in [9.17, 15) is 14.4 Å². The normalized spacial score (nSPS) is 11.4. The summed E-state index contributed by atoms with van der Waals surface area (Å²) in [4.78, 5) is 32.5. The lowest BCUT2D eigenvalue weighted by Crippen LogP contribution is -2.37. The number of carboxylic acids is 1. The zero-order valence-corrected chi connectivity index (χ0v) is 10.7. The van der Waals surface area contributed by atoms with Crippen LogP contribution in [0.15, 0.2) is 0 Å². The first kappa shape index (κ1) is 16.2. The van der Waals surface area contributed by atoms with Gasteiger partial charge in [-0.05, 0) is 12.8 Å². The van der Waals surface area contributed by atoms with Crippen LogP contribution in [0.4, 0.5) is 4.79 Å². The van der Waals surface area contributed by atoms with E-state index in [1.54, 1.807) is 6.92 Å². The molecular weight excluding hydrogens is 240 g/mol. The third-order valence-corrected chi connectivity index (χ3v) is 2.36. The van der Waals surface area contributed by atoms with Crippen molar-refractivity contribution in [1.29, 1.82) is 0 Å². The molecule has 0 rings (SSSR count). The molecule has 104 valence electrons. The molecule has 0 aromatic heterocycles. The van der Waals surface area contributed by atoms with Crippen LogP contribution in [0.3, 0.4) is 0 Å². The number of carbonyl (C=O) groups excluding carboxylic acids is 2. The van der Waals surface area contributed by atoms with Crippen LogP contribution in [0.5, 0.6) is 0 Å². The van der Waals surface area contributed by atoms with E-state index in [4.69, 9.17) is 5.11 Å². The van der Waals surface area contributed by atoms with Gasteiger partial charge in [0.05, 0.1) is 19.4 Å². The first-order valence-electron chi connectivity index (χ1n) is 5.78. The summed E-state index contributed by atoms with van der Waals surface area (Å²) >= 11 is 0. The molecular formula is C11H20N2O5. The Bertz CT molecular complexity index is 293. The number of methoxy groups -OCH3 is 1. The Labute approximate surface area is 106 Å². The van der Waals surface area contributed by atoms with Crippen LogP contribution in [0.25, 0.3) is 0 Å². The molecule has 0 saturated heterocycles. The smallest absolute Gasteiger partial charge is 0.314 e. The minimum Gasteiger partial charge on any atom is -0.481 e. The van der Waals surface area contributed by atoms with E-state index in [1.807, 2.05) is 0 Å². The summed E-state index contributed by atoms with van der Waals surface area (Å²) in [6.45, 7) is 2.24. The first-order valence-corrected chi connectivity index (χ1v) is 5.78. The fourth-order valence-corrected chi connectivity index (χ4v) is 1.18. The monoisotopic (exact) mass is 260 g/mol. The molecule has 0 saturated carbocycles. The third-order valence-electron chi connectivity index (χ3n) is 2.36. The van der Waals surface area contributed by atoms with Crippen LogP contribution in [-0.2, 0) is 14.3 Å². The van der Waals surface area contributed by atoms with Gasteiger partial charge in [-0.3, -0.25) is 9.59 Å². The van der Waals surface area contributed by atoms with E-state index in [1.165, 1.54) is 7.11 Å². The fraction of sp³-hybridized carbons (Fsp3) is 0.727. The minimum atomic E-state index is -0.836. The second-order valence-corrected chi connectivity index (χ2v) is 3.89. The van der Waals surface area contributed by atoms with Crippen molar-refractivity contribution in [3.05, 3.63) is 0 Å². The number of aliphatic carboxylic acids is 1. The summed E-state index contributed by atoms with van der Waals surface area (Å²) < 4.78 is 4.41. The van der Waals surface area contributed by atoms with Gasteiger partial charge in [-0.2, -0.15) is 0 Å². The maximum absolute atomic E-state index is 11.2. The van der Waals surface area contributed by atoms with Gasteiger partial charge in [0, 0.05) is 13.1 Å². The second kappa shape index (κ2) is 9.26. The van der Waals surface area contributed by atoms with Crippen LogP contribution in [0, 0.1) is 5.92 Å². The Morgan fingerprint density at radius 2 is 1.83 bits per heavy atom. The molecule has 0 aromatic carbocycles. The molecule has 0 radical (unpaired) electrons. The van der Waals surface area contributed by atoms with Gasteiger partial charge < -0.3 is 20.5 Å². The van der Waals surface area contributed by atoms with Crippen molar-refractivity contribution >= 4 is 18.0 Å². The Morgan fingerprint density at radius 1 is 1.22 bits per heavy atom. The van der Waals surface area contributed by atoms with Gasteiger partial charge in [0.25, 0.3) is 0 Å². The number of nitrogens with one attached hydrogen (secondary N) is 2.